The fraction of sp³-hybridized carbons (Fsp3) is 0. The van der Waals surface area contributed by atoms with Crippen molar-refractivity contribution in [2.45, 2.75) is 0 Å². The Labute approximate surface area is 286 Å². The van der Waals surface area contributed by atoms with Crippen molar-refractivity contribution in [3.05, 3.63) is 170 Å². The van der Waals surface area contributed by atoms with E-state index in [-0.39, 0.29) is 0 Å². The highest BCUT2D eigenvalue weighted by molar-refractivity contribution is 7.22. The lowest BCUT2D eigenvalue weighted by Gasteiger charge is -2.28. The molecule has 0 aliphatic carbocycles. The number of anilines is 3. The van der Waals surface area contributed by atoms with E-state index in [0.717, 1.165) is 60.7 Å². The second kappa shape index (κ2) is 11.2. The summed E-state index contributed by atoms with van der Waals surface area (Å²) >= 11 is 1.76. The smallest absolute Gasteiger partial charge is 0.137 e. The normalized spacial score (nSPS) is 11.7. The molecule has 0 unspecified atom stereocenters. The summed E-state index contributed by atoms with van der Waals surface area (Å²) in [7, 11) is 0. The molecule has 0 amide bonds. The molecule has 2 aromatic heterocycles. The number of hydrogen-bond acceptors (Lipinski definition) is 4. The Kier molecular flexibility index (Phi) is 6.36. The van der Waals surface area contributed by atoms with Crippen LogP contribution in [0.15, 0.2) is 174 Å². The van der Waals surface area contributed by atoms with Gasteiger partial charge in [0.15, 0.2) is 0 Å². The van der Waals surface area contributed by atoms with Crippen LogP contribution in [0.4, 0.5) is 17.1 Å². The second-order valence-electron chi connectivity index (χ2n) is 12.4. The number of fused-ring (bicyclic) bond motifs is 8. The van der Waals surface area contributed by atoms with Crippen LogP contribution >= 0.6 is 11.3 Å². The summed E-state index contributed by atoms with van der Waals surface area (Å²) in [6, 6.07) is 60.3. The van der Waals surface area contributed by atoms with Gasteiger partial charge in [0.05, 0.1) is 15.9 Å². The van der Waals surface area contributed by atoms with Crippen LogP contribution in [0.1, 0.15) is 0 Å². The Balaban J connectivity index is 1.20. The highest BCUT2D eigenvalue weighted by Crippen LogP contribution is 2.44. The minimum absolute atomic E-state index is 0.869. The van der Waals surface area contributed by atoms with Gasteiger partial charge in [-0.2, -0.15) is 0 Å². The van der Waals surface area contributed by atoms with Gasteiger partial charge in [-0.25, -0.2) is 4.98 Å². The molecule has 0 spiro atoms. The van der Waals surface area contributed by atoms with Crippen molar-refractivity contribution in [1.29, 1.82) is 0 Å². The van der Waals surface area contributed by atoms with E-state index in [9.17, 15) is 0 Å². The predicted molar refractivity (Wildman–Crippen MR) is 207 cm³/mol. The number of aromatic nitrogens is 1. The van der Waals surface area contributed by atoms with Crippen molar-refractivity contribution in [1.82, 2.24) is 4.98 Å². The molecule has 0 N–H and O–H groups in total. The van der Waals surface area contributed by atoms with E-state index in [4.69, 9.17) is 9.40 Å². The van der Waals surface area contributed by atoms with Crippen LogP contribution in [0.3, 0.4) is 0 Å². The maximum absolute atomic E-state index is 6.40. The summed E-state index contributed by atoms with van der Waals surface area (Å²) in [6.45, 7) is 0. The molecule has 49 heavy (non-hydrogen) atoms. The number of benzene rings is 8. The first-order valence-corrected chi connectivity index (χ1v) is 17.3. The summed E-state index contributed by atoms with van der Waals surface area (Å²) < 4.78 is 7.61. The van der Waals surface area contributed by atoms with Gasteiger partial charge in [0.1, 0.15) is 16.2 Å². The molecule has 10 rings (SSSR count). The molecule has 0 fully saturated rings. The van der Waals surface area contributed by atoms with E-state index in [1.165, 1.54) is 31.8 Å². The largest absolute Gasteiger partial charge is 0.456 e. The lowest BCUT2D eigenvalue weighted by Crippen LogP contribution is -2.11. The van der Waals surface area contributed by atoms with E-state index >= 15 is 0 Å². The van der Waals surface area contributed by atoms with Crippen LogP contribution in [-0.2, 0) is 0 Å². The van der Waals surface area contributed by atoms with E-state index < -0.39 is 0 Å². The molecule has 4 heteroatoms. The fourth-order valence-corrected chi connectivity index (χ4v) is 8.26. The molecule has 0 radical (unpaired) electrons. The van der Waals surface area contributed by atoms with Crippen molar-refractivity contribution >= 4 is 82.1 Å². The number of para-hydroxylation sites is 2. The van der Waals surface area contributed by atoms with Crippen LogP contribution in [0.25, 0.3) is 75.4 Å². The molecule has 0 atom stereocenters. The first-order chi connectivity index (χ1) is 24.3. The van der Waals surface area contributed by atoms with Crippen molar-refractivity contribution < 1.29 is 4.42 Å². The monoisotopic (exact) mass is 644 g/mol. The molecular formula is C45H28N2OS. The van der Waals surface area contributed by atoms with Crippen LogP contribution in [0.5, 0.6) is 0 Å². The first kappa shape index (κ1) is 27.8. The zero-order chi connectivity index (χ0) is 32.3. The van der Waals surface area contributed by atoms with Crippen molar-refractivity contribution in [3.63, 3.8) is 0 Å². The van der Waals surface area contributed by atoms with Gasteiger partial charge in [-0.1, -0.05) is 121 Å². The maximum atomic E-state index is 6.40. The average molecular weight is 645 g/mol. The Morgan fingerprint density at radius 2 is 1.12 bits per heavy atom. The molecule has 3 nitrogen and oxygen atoms in total. The van der Waals surface area contributed by atoms with Gasteiger partial charge >= 0.3 is 0 Å². The summed E-state index contributed by atoms with van der Waals surface area (Å²) in [5.41, 5.74) is 9.48. The SMILES string of the molecule is c1ccc(-c2nc3ccc4c5cc(N(c6ccc7c(c6)oc6ccccc67)c6ccccc6-c6ccccc6)ccc5ccc4c3s2)cc1. The fourth-order valence-electron chi connectivity index (χ4n) is 7.16. The van der Waals surface area contributed by atoms with Crippen molar-refractivity contribution in [3.8, 4) is 21.7 Å². The first-order valence-electron chi connectivity index (χ1n) is 16.5. The lowest BCUT2D eigenvalue weighted by atomic mass is 9.99. The summed E-state index contributed by atoms with van der Waals surface area (Å²) in [5.74, 6) is 0. The van der Waals surface area contributed by atoms with Gasteiger partial charge in [0.2, 0.25) is 0 Å². The number of thiazole rings is 1. The number of rotatable bonds is 5. The third kappa shape index (κ3) is 4.61. The van der Waals surface area contributed by atoms with Crippen LogP contribution < -0.4 is 4.90 Å². The van der Waals surface area contributed by atoms with E-state index in [1.54, 1.807) is 11.3 Å². The zero-order valence-electron chi connectivity index (χ0n) is 26.4. The second-order valence-corrected chi connectivity index (χ2v) is 13.4. The van der Waals surface area contributed by atoms with Crippen LogP contribution in [-0.4, -0.2) is 4.98 Å². The summed E-state index contributed by atoms with van der Waals surface area (Å²) in [6.07, 6.45) is 0. The third-order valence-electron chi connectivity index (χ3n) is 9.48. The number of hydrogen-bond donors (Lipinski definition) is 0. The van der Waals surface area contributed by atoms with Gasteiger partial charge < -0.3 is 9.32 Å². The van der Waals surface area contributed by atoms with Crippen molar-refractivity contribution in [2.24, 2.45) is 0 Å². The van der Waals surface area contributed by atoms with Gasteiger partial charge in [0, 0.05) is 44.7 Å². The zero-order valence-corrected chi connectivity index (χ0v) is 27.2. The topological polar surface area (TPSA) is 29.3 Å². The molecule has 230 valence electrons. The van der Waals surface area contributed by atoms with Gasteiger partial charge in [-0.15, -0.1) is 11.3 Å². The van der Waals surface area contributed by atoms with Gasteiger partial charge in [0.25, 0.3) is 0 Å². The molecular weight excluding hydrogens is 617 g/mol. The Morgan fingerprint density at radius 1 is 0.469 bits per heavy atom. The Bertz CT molecular complexity index is 2840. The molecule has 2 heterocycles. The minimum atomic E-state index is 0.869. The molecule has 0 aliphatic rings. The summed E-state index contributed by atoms with van der Waals surface area (Å²) in [5, 5.41) is 8.14. The average Bonchev–Trinajstić information content (AvgIpc) is 3.78. The number of furan rings is 1. The Morgan fingerprint density at radius 3 is 2.00 bits per heavy atom. The Hall–Kier alpha value is -6.23. The van der Waals surface area contributed by atoms with Gasteiger partial charge in [-0.3, -0.25) is 0 Å². The quantitative estimate of drug-likeness (QED) is 0.175. The van der Waals surface area contributed by atoms with Crippen LogP contribution in [0, 0.1) is 0 Å². The highest BCUT2D eigenvalue weighted by atomic mass is 32.1. The molecule has 10 aromatic rings. The minimum Gasteiger partial charge on any atom is -0.456 e. The third-order valence-corrected chi connectivity index (χ3v) is 10.6. The highest BCUT2D eigenvalue weighted by Gasteiger charge is 2.20. The van der Waals surface area contributed by atoms with Crippen molar-refractivity contribution in [2.75, 3.05) is 4.90 Å². The van der Waals surface area contributed by atoms with E-state index in [2.05, 4.69) is 157 Å². The standard InChI is InChI=1S/C45H28N2OS/c1-3-11-29(12-4-1)34-15-7-9-17-41(34)47(33-22-24-37-36-16-8-10-18-42(36)48-43(37)28-33)32-21-19-30-20-23-38-35(39(30)27-32)25-26-40-44(38)49-45(46-40)31-13-5-2-6-14-31/h1-28H. The van der Waals surface area contributed by atoms with E-state index in [0.29, 0.717) is 0 Å². The number of nitrogens with zero attached hydrogens (tertiary/aromatic N) is 2. The van der Waals surface area contributed by atoms with E-state index in [1.807, 2.05) is 18.2 Å². The molecule has 0 saturated carbocycles. The van der Waals surface area contributed by atoms with Gasteiger partial charge in [-0.05, 0) is 64.2 Å². The maximum Gasteiger partial charge on any atom is 0.137 e. The molecule has 0 bridgehead atoms. The van der Waals surface area contributed by atoms with Crippen LogP contribution in [0.2, 0.25) is 0 Å². The molecule has 0 aliphatic heterocycles. The molecule has 0 saturated heterocycles. The molecule has 8 aromatic carbocycles. The summed E-state index contributed by atoms with van der Waals surface area (Å²) in [4.78, 5) is 7.39. The lowest BCUT2D eigenvalue weighted by molar-refractivity contribution is 0.669. The predicted octanol–water partition coefficient (Wildman–Crippen LogP) is 13.3.